The van der Waals surface area contributed by atoms with Gasteiger partial charge in [0.25, 0.3) is 0 Å². The molecule has 1 rings (SSSR count). The highest BCUT2D eigenvalue weighted by Gasteiger charge is 1.99. The zero-order valence-electron chi connectivity index (χ0n) is 11.5. The minimum Gasteiger partial charge on any atom is -0.392 e. The second kappa shape index (κ2) is 10.4. The summed E-state index contributed by atoms with van der Waals surface area (Å²) in [5.74, 6) is 0. The van der Waals surface area contributed by atoms with Crippen LogP contribution in [0.25, 0.3) is 0 Å². The van der Waals surface area contributed by atoms with Crippen molar-refractivity contribution in [3.05, 3.63) is 66.4 Å². The molecule has 0 amide bonds. The van der Waals surface area contributed by atoms with E-state index in [4.69, 9.17) is 0 Å². The quantitative estimate of drug-likeness (QED) is 0.759. The van der Waals surface area contributed by atoms with E-state index >= 15 is 0 Å². The van der Waals surface area contributed by atoms with Crippen molar-refractivity contribution < 1.29 is 5.11 Å². The molecule has 1 aromatic rings. The van der Waals surface area contributed by atoms with Crippen molar-refractivity contribution >= 4 is 5.69 Å². The van der Waals surface area contributed by atoms with Crippen LogP contribution >= 0.6 is 0 Å². The van der Waals surface area contributed by atoms with Crippen molar-refractivity contribution in [2.45, 2.75) is 27.4 Å². The van der Waals surface area contributed by atoms with Crippen LogP contribution in [0.4, 0.5) is 5.69 Å². The van der Waals surface area contributed by atoms with Gasteiger partial charge in [-0.25, -0.2) is 0 Å². The fourth-order valence-electron chi connectivity index (χ4n) is 1.30. The van der Waals surface area contributed by atoms with E-state index in [1.807, 2.05) is 63.3 Å². The number of para-hydroxylation sites is 1. The molecule has 98 valence electrons. The first kappa shape index (κ1) is 16.2. The molecule has 0 fully saturated rings. The Hall–Kier alpha value is -1.80. The molecule has 1 aromatic carbocycles. The molecule has 0 spiro atoms. The van der Waals surface area contributed by atoms with Crippen molar-refractivity contribution in [2.75, 3.05) is 5.32 Å². The van der Waals surface area contributed by atoms with Gasteiger partial charge in [0.1, 0.15) is 0 Å². The molecule has 0 saturated carbocycles. The molecule has 2 N–H and O–H groups in total. The number of rotatable bonds is 5. The molecule has 0 bridgehead atoms. The summed E-state index contributed by atoms with van der Waals surface area (Å²) in [5, 5.41) is 12.4. The lowest BCUT2D eigenvalue weighted by Gasteiger charge is -2.10. The smallest absolute Gasteiger partial charge is 0.0702 e. The highest BCUT2D eigenvalue weighted by Crippen LogP contribution is 2.17. The van der Waals surface area contributed by atoms with Gasteiger partial charge in [0.05, 0.1) is 6.61 Å². The van der Waals surface area contributed by atoms with E-state index in [-0.39, 0.29) is 6.61 Å². The fraction of sp³-hybridized carbons (Fsp3) is 0.250. The summed E-state index contributed by atoms with van der Waals surface area (Å²) in [7, 11) is 0. The van der Waals surface area contributed by atoms with Crippen LogP contribution in [0.1, 0.15) is 26.3 Å². The average molecular weight is 245 g/mol. The van der Waals surface area contributed by atoms with Crippen molar-refractivity contribution in [3.8, 4) is 0 Å². The van der Waals surface area contributed by atoms with E-state index in [1.165, 1.54) is 0 Å². The minimum absolute atomic E-state index is 0.0250. The molecular formula is C16H23NO. The summed E-state index contributed by atoms with van der Waals surface area (Å²) < 4.78 is 0. The largest absolute Gasteiger partial charge is 0.392 e. The Labute approximate surface area is 110 Å². The van der Waals surface area contributed by atoms with Gasteiger partial charge in [-0.1, -0.05) is 50.8 Å². The van der Waals surface area contributed by atoms with Crippen molar-refractivity contribution in [2.24, 2.45) is 0 Å². The van der Waals surface area contributed by atoms with E-state index in [9.17, 15) is 5.11 Å². The number of aliphatic hydroxyl groups is 1. The van der Waals surface area contributed by atoms with E-state index in [1.54, 1.807) is 6.08 Å². The lowest BCUT2D eigenvalue weighted by atomic mass is 10.2. The van der Waals surface area contributed by atoms with Crippen LogP contribution in [0.5, 0.6) is 0 Å². The topological polar surface area (TPSA) is 32.3 Å². The lowest BCUT2D eigenvalue weighted by molar-refractivity contribution is 0.282. The molecule has 0 aliphatic carbocycles. The SMILES string of the molecule is C=C/C(=C\C=C/C)Nc1ccccc1CO.CC. The zero-order chi connectivity index (χ0) is 13.8. The predicted octanol–water partition coefficient (Wildman–Crippen LogP) is 4.26. The van der Waals surface area contributed by atoms with Crippen LogP contribution in [-0.4, -0.2) is 5.11 Å². The summed E-state index contributed by atoms with van der Waals surface area (Å²) in [6.07, 6.45) is 7.56. The third-order valence-electron chi connectivity index (χ3n) is 2.15. The second-order valence-electron chi connectivity index (χ2n) is 3.29. The van der Waals surface area contributed by atoms with Crippen molar-refractivity contribution in [1.29, 1.82) is 0 Å². The van der Waals surface area contributed by atoms with E-state index in [0.29, 0.717) is 0 Å². The van der Waals surface area contributed by atoms with Gasteiger partial charge in [0.15, 0.2) is 0 Å². The van der Waals surface area contributed by atoms with Crippen LogP contribution in [0, 0.1) is 0 Å². The summed E-state index contributed by atoms with van der Waals surface area (Å²) >= 11 is 0. The maximum absolute atomic E-state index is 9.18. The summed E-state index contributed by atoms with van der Waals surface area (Å²) in [4.78, 5) is 0. The Morgan fingerprint density at radius 2 is 2.00 bits per heavy atom. The number of benzene rings is 1. The van der Waals surface area contributed by atoms with Crippen LogP contribution in [0.3, 0.4) is 0 Å². The summed E-state index contributed by atoms with van der Waals surface area (Å²) in [6.45, 7) is 9.72. The maximum atomic E-state index is 9.18. The molecule has 2 nitrogen and oxygen atoms in total. The van der Waals surface area contributed by atoms with Gasteiger partial charge in [-0.05, 0) is 25.1 Å². The molecule has 0 radical (unpaired) electrons. The summed E-state index contributed by atoms with van der Waals surface area (Å²) in [6, 6.07) is 7.65. The zero-order valence-corrected chi connectivity index (χ0v) is 11.5. The Morgan fingerprint density at radius 1 is 1.33 bits per heavy atom. The number of aliphatic hydroxyl groups excluding tert-OH is 1. The first-order chi connectivity index (χ1) is 8.81. The van der Waals surface area contributed by atoms with Gasteiger partial charge < -0.3 is 10.4 Å². The number of hydrogen-bond donors (Lipinski definition) is 2. The molecule has 0 saturated heterocycles. The van der Waals surface area contributed by atoms with Crippen LogP contribution in [0.2, 0.25) is 0 Å². The number of hydrogen-bond acceptors (Lipinski definition) is 2. The molecular weight excluding hydrogens is 222 g/mol. The van der Waals surface area contributed by atoms with E-state index < -0.39 is 0 Å². The number of allylic oxidation sites excluding steroid dienone is 4. The summed E-state index contributed by atoms with van der Waals surface area (Å²) in [5.41, 5.74) is 2.68. The molecule has 0 aromatic heterocycles. The Morgan fingerprint density at radius 3 is 2.56 bits per heavy atom. The standard InChI is InChI=1S/C14H17NO.C2H6/c1-3-5-9-13(4-2)15-14-10-7-6-8-12(14)11-16;1-2/h3-10,15-16H,2,11H2,1H3;1-2H3/b5-3-,13-9+;. The van der Waals surface area contributed by atoms with Gasteiger partial charge >= 0.3 is 0 Å². The molecule has 0 aliphatic heterocycles. The first-order valence-corrected chi connectivity index (χ1v) is 6.23. The van der Waals surface area contributed by atoms with Gasteiger partial charge in [0, 0.05) is 16.9 Å². The third kappa shape index (κ3) is 5.51. The molecule has 18 heavy (non-hydrogen) atoms. The molecule has 0 atom stereocenters. The third-order valence-corrected chi connectivity index (χ3v) is 2.15. The number of nitrogens with one attached hydrogen (secondary N) is 1. The normalized spacial score (nSPS) is 10.8. The highest BCUT2D eigenvalue weighted by atomic mass is 16.3. The first-order valence-electron chi connectivity index (χ1n) is 6.23. The van der Waals surface area contributed by atoms with Gasteiger partial charge in [-0.15, -0.1) is 0 Å². The Balaban J connectivity index is 0.00000137. The molecule has 2 heteroatoms. The highest BCUT2D eigenvalue weighted by molar-refractivity contribution is 5.56. The lowest BCUT2D eigenvalue weighted by Crippen LogP contribution is -2.00. The monoisotopic (exact) mass is 245 g/mol. The van der Waals surface area contributed by atoms with Gasteiger partial charge in [-0.3, -0.25) is 0 Å². The van der Waals surface area contributed by atoms with Crippen LogP contribution in [-0.2, 0) is 6.61 Å². The van der Waals surface area contributed by atoms with Gasteiger partial charge in [0.2, 0.25) is 0 Å². The van der Waals surface area contributed by atoms with Crippen molar-refractivity contribution in [3.63, 3.8) is 0 Å². The Kier molecular flexibility index (Phi) is 9.32. The van der Waals surface area contributed by atoms with Crippen molar-refractivity contribution in [1.82, 2.24) is 0 Å². The van der Waals surface area contributed by atoms with E-state index in [0.717, 1.165) is 16.9 Å². The molecule has 0 heterocycles. The molecule has 0 unspecified atom stereocenters. The van der Waals surface area contributed by atoms with E-state index in [2.05, 4.69) is 11.9 Å². The van der Waals surface area contributed by atoms with Crippen LogP contribution < -0.4 is 5.32 Å². The maximum Gasteiger partial charge on any atom is 0.0702 e. The van der Waals surface area contributed by atoms with Gasteiger partial charge in [-0.2, -0.15) is 0 Å². The minimum atomic E-state index is 0.0250. The van der Waals surface area contributed by atoms with Crippen LogP contribution in [0.15, 0.2) is 60.8 Å². The average Bonchev–Trinajstić information content (AvgIpc) is 2.46. The number of anilines is 1. The fourth-order valence-corrected chi connectivity index (χ4v) is 1.30. The Bertz CT molecular complexity index is 405. The molecule has 0 aliphatic rings. The second-order valence-corrected chi connectivity index (χ2v) is 3.29. The predicted molar refractivity (Wildman–Crippen MR) is 80.4 cm³/mol.